The van der Waals surface area contributed by atoms with Gasteiger partial charge in [-0.05, 0) is 31.2 Å². The maximum Gasteiger partial charge on any atom is 0.317 e. The second kappa shape index (κ2) is 7.63. The second-order valence-corrected chi connectivity index (χ2v) is 4.95. The first-order valence-corrected chi connectivity index (χ1v) is 7.29. The number of nitrogens with one attached hydrogen (secondary N) is 1. The predicted molar refractivity (Wildman–Crippen MR) is 79.1 cm³/mol. The van der Waals surface area contributed by atoms with Crippen molar-refractivity contribution in [3.05, 3.63) is 30.1 Å². The fourth-order valence-corrected chi connectivity index (χ4v) is 2.19. The number of urea groups is 1. The molecule has 1 fully saturated rings. The molecule has 22 heavy (non-hydrogen) atoms. The highest BCUT2D eigenvalue weighted by Gasteiger charge is 2.23. The Labute approximate surface area is 128 Å². The summed E-state index contributed by atoms with van der Waals surface area (Å²) in [5.41, 5.74) is 0. The van der Waals surface area contributed by atoms with E-state index in [4.69, 9.17) is 4.74 Å². The molecule has 0 unspecified atom stereocenters. The SMILES string of the molecule is CCNC(=O)N1CCN(C(=O)COc2ccc(F)cc2)CC1. The number of carbonyl (C=O) groups is 2. The van der Waals surface area contributed by atoms with Gasteiger partial charge in [0.2, 0.25) is 0 Å². The third-order valence-corrected chi connectivity index (χ3v) is 3.42. The van der Waals surface area contributed by atoms with Crippen LogP contribution in [0.25, 0.3) is 0 Å². The lowest BCUT2D eigenvalue weighted by molar-refractivity contribution is -0.134. The molecule has 1 N–H and O–H groups in total. The third-order valence-electron chi connectivity index (χ3n) is 3.42. The van der Waals surface area contributed by atoms with E-state index in [1.54, 1.807) is 9.80 Å². The van der Waals surface area contributed by atoms with Crippen LogP contribution in [0.4, 0.5) is 9.18 Å². The standard InChI is InChI=1S/C15H20FN3O3/c1-2-17-15(21)19-9-7-18(8-10-19)14(20)11-22-13-5-3-12(16)4-6-13/h3-6H,2,7-11H2,1H3,(H,17,21). The van der Waals surface area contributed by atoms with E-state index in [9.17, 15) is 14.0 Å². The quantitative estimate of drug-likeness (QED) is 0.905. The Morgan fingerprint density at radius 2 is 1.73 bits per heavy atom. The number of hydrogen-bond acceptors (Lipinski definition) is 3. The van der Waals surface area contributed by atoms with Crippen molar-refractivity contribution >= 4 is 11.9 Å². The lowest BCUT2D eigenvalue weighted by atomic mass is 10.3. The zero-order valence-electron chi connectivity index (χ0n) is 12.5. The van der Waals surface area contributed by atoms with E-state index in [-0.39, 0.29) is 24.4 Å². The fourth-order valence-electron chi connectivity index (χ4n) is 2.19. The summed E-state index contributed by atoms with van der Waals surface area (Å²) in [4.78, 5) is 27.1. The van der Waals surface area contributed by atoms with Crippen LogP contribution in [0.1, 0.15) is 6.92 Å². The van der Waals surface area contributed by atoms with Gasteiger partial charge in [-0.15, -0.1) is 0 Å². The summed E-state index contributed by atoms with van der Waals surface area (Å²) >= 11 is 0. The van der Waals surface area contributed by atoms with Gasteiger partial charge in [0.25, 0.3) is 5.91 Å². The zero-order chi connectivity index (χ0) is 15.9. The van der Waals surface area contributed by atoms with Crippen molar-refractivity contribution in [1.82, 2.24) is 15.1 Å². The number of rotatable bonds is 4. The molecule has 2 rings (SSSR count). The van der Waals surface area contributed by atoms with Crippen LogP contribution in [0.5, 0.6) is 5.75 Å². The minimum Gasteiger partial charge on any atom is -0.484 e. The molecule has 0 atom stereocenters. The molecule has 1 aromatic carbocycles. The summed E-state index contributed by atoms with van der Waals surface area (Å²) in [6.45, 7) is 4.36. The highest BCUT2D eigenvalue weighted by atomic mass is 19.1. The van der Waals surface area contributed by atoms with E-state index < -0.39 is 0 Å². The molecular weight excluding hydrogens is 289 g/mol. The van der Waals surface area contributed by atoms with Crippen molar-refractivity contribution < 1.29 is 18.7 Å². The number of halogens is 1. The molecule has 1 aliphatic rings. The number of ether oxygens (including phenoxy) is 1. The molecule has 3 amide bonds. The number of nitrogens with zero attached hydrogens (tertiary/aromatic N) is 2. The fraction of sp³-hybridized carbons (Fsp3) is 0.467. The van der Waals surface area contributed by atoms with Crippen molar-refractivity contribution in [2.24, 2.45) is 0 Å². The van der Waals surface area contributed by atoms with E-state index in [2.05, 4.69) is 5.32 Å². The van der Waals surface area contributed by atoms with Gasteiger partial charge in [-0.1, -0.05) is 0 Å². The number of piperazine rings is 1. The average Bonchev–Trinajstić information content (AvgIpc) is 2.54. The van der Waals surface area contributed by atoms with E-state index in [1.807, 2.05) is 6.92 Å². The molecule has 0 bridgehead atoms. The van der Waals surface area contributed by atoms with Crippen LogP contribution in [0.15, 0.2) is 24.3 Å². The predicted octanol–water partition coefficient (Wildman–Crippen LogP) is 1.08. The van der Waals surface area contributed by atoms with Crippen LogP contribution >= 0.6 is 0 Å². The molecule has 1 heterocycles. The summed E-state index contributed by atoms with van der Waals surface area (Å²) in [5, 5.41) is 2.74. The molecule has 1 saturated heterocycles. The lowest BCUT2D eigenvalue weighted by Crippen LogP contribution is -2.53. The van der Waals surface area contributed by atoms with Gasteiger partial charge in [0, 0.05) is 32.7 Å². The Bertz CT molecular complexity index is 513. The molecule has 0 aromatic heterocycles. The molecule has 1 aliphatic heterocycles. The summed E-state index contributed by atoms with van der Waals surface area (Å²) < 4.78 is 18.1. The Balaban J connectivity index is 1.75. The number of benzene rings is 1. The van der Waals surface area contributed by atoms with Crippen LogP contribution in [0.2, 0.25) is 0 Å². The largest absolute Gasteiger partial charge is 0.484 e. The molecule has 0 radical (unpaired) electrons. The Kier molecular flexibility index (Phi) is 5.57. The van der Waals surface area contributed by atoms with Crippen molar-refractivity contribution in [2.45, 2.75) is 6.92 Å². The van der Waals surface area contributed by atoms with E-state index >= 15 is 0 Å². The van der Waals surface area contributed by atoms with Crippen molar-refractivity contribution in [1.29, 1.82) is 0 Å². The minimum atomic E-state index is -0.347. The molecule has 120 valence electrons. The van der Waals surface area contributed by atoms with Gasteiger partial charge in [-0.2, -0.15) is 0 Å². The second-order valence-electron chi connectivity index (χ2n) is 4.95. The monoisotopic (exact) mass is 309 g/mol. The summed E-state index contributed by atoms with van der Waals surface area (Å²) in [5.74, 6) is -0.0317. The summed E-state index contributed by atoms with van der Waals surface area (Å²) in [6, 6.07) is 5.43. The van der Waals surface area contributed by atoms with E-state index in [1.165, 1.54) is 24.3 Å². The lowest BCUT2D eigenvalue weighted by Gasteiger charge is -2.34. The first-order chi connectivity index (χ1) is 10.6. The minimum absolute atomic E-state index is 0.0905. The molecule has 0 aliphatic carbocycles. The maximum atomic E-state index is 12.8. The van der Waals surface area contributed by atoms with Crippen LogP contribution < -0.4 is 10.1 Å². The van der Waals surface area contributed by atoms with Crippen LogP contribution in [-0.2, 0) is 4.79 Å². The number of amides is 3. The van der Waals surface area contributed by atoms with Gasteiger partial charge in [-0.25, -0.2) is 9.18 Å². The van der Waals surface area contributed by atoms with Crippen LogP contribution in [0.3, 0.4) is 0 Å². The molecule has 0 spiro atoms. The highest BCUT2D eigenvalue weighted by Crippen LogP contribution is 2.11. The Morgan fingerprint density at radius 3 is 2.32 bits per heavy atom. The average molecular weight is 309 g/mol. The van der Waals surface area contributed by atoms with Gasteiger partial charge in [0.1, 0.15) is 11.6 Å². The summed E-state index contributed by atoms with van der Waals surface area (Å²) in [7, 11) is 0. The zero-order valence-corrected chi connectivity index (χ0v) is 12.5. The van der Waals surface area contributed by atoms with Crippen LogP contribution in [0, 0.1) is 5.82 Å². The molecule has 7 heteroatoms. The molecule has 0 saturated carbocycles. The first-order valence-electron chi connectivity index (χ1n) is 7.29. The van der Waals surface area contributed by atoms with Crippen molar-refractivity contribution in [3.63, 3.8) is 0 Å². The van der Waals surface area contributed by atoms with Gasteiger partial charge >= 0.3 is 6.03 Å². The number of carbonyl (C=O) groups excluding carboxylic acids is 2. The van der Waals surface area contributed by atoms with Gasteiger partial charge in [0.15, 0.2) is 6.61 Å². The smallest absolute Gasteiger partial charge is 0.317 e. The van der Waals surface area contributed by atoms with E-state index in [0.29, 0.717) is 38.5 Å². The van der Waals surface area contributed by atoms with Gasteiger partial charge in [-0.3, -0.25) is 4.79 Å². The first kappa shape index (κ1) is 16.1. The van der Waals surface area contributed by atoms with E-state index in [0.717, 1.165) is 0 Å². The van der Waals surface area contributed by atoms with Gasteiger partial charge < -0.3 is 19.9 Å². The van der Waals surface area contributed by atoms with Crippen LogP contribution in [-0.4, -0.2) is 61.1 Å². The van der Waals surface area contributed by atoms with Gasteiger partial charge in [0.05, 0.1) is 0 Å². The highest BCUT2D eigenvalue weighted by molar-refractivity contribution is 5.78. The summed E-state index contributed by atoms with van der Waals surface area (Å²) in [6.07, 6.45) is 0. The third kappa shape index (κ3) is 4.34. The topological polar surface area (TPSA) is 61.9 Å². The molecule has 1 aromatic rings. The Hall–Kier alpha value is -2.31. The molecule has 6 nitrogen and oxygen atoms in total. The maximum absolute atomic E-state index is 12.8. The molecular formula is C15H20FN3O3. The Morgan fingerprint density at radius 1 is 1.14 bits per heavy atom. The van der Waals surface area contributed by atoms with Crippen molar-refractivity contribution in [2.75, 3.05) is 39.3 Å². The number of hydrogen-bond donors (Lipinski definition) is 1. The normalized spacial score (nSPS) is 14.6. The van der Waals surface area contributed by atoms with Crippen molar-refractivity contribution in [3.8, 4) is 5.75 Å².